The van der Waals surface area contributed by atoms with E-state index in [-0.39, 0.29) is 0 Å². The monoisotopic (exact) mass is 639 g/mol. The van der Waals surface area contributed by atoms with Crippen molar-refractivity contribution in [1.82, 2.24) is 0 Å². The van der Waals surface area contributed by atoms with Crippen LogP contribution in [0.15, 0.2) is 193 Å². The van der Waals surface area contributed by atoms with Crippen molar-refractivity contribution in [2.75, 3.05) is 4.90 Å². The summed E-state index contributed by atoms with van der Waals surface area (Å²) >= 11 is 1.87. The molecule has 8 aromatic rings. The lowest BCUT2D eigenvalue weighted by Gasteiger charge is -2.33. The summed E-state index contributed by atoms with van der Waals surface area (Å²) in [6.45, 7) is 0. The molecule has 2 aliphatic carbocycles. The minimum atomic E-state index is -0.487. The Morgan fingerprint density at radius 2 is 1.31 bits per heavy atom. The maximum Gasteiger partial charge on any atom is 0.0793 e. The molecule has 0 amide bonds. The summed E-state index contributed by atoms with van der Waals surface area (Å²) in [4.78, 5) is 2.39. The van der Waals surface area contributed by atoms with Gasteiger partial charge in [0.2, 0.25) is 0 Å². The van der Waals surface area contributed by atoms with Crippen LogP contribution in [-0.4, -0.2) is 0 Å². The fourth-order valence-electron chi connectivity index (χ4n) is 8.09. The number of rotatable bonds is 5. The number of fused-ring (bicyclic) bond motifs is 7. The van der Waals surface area contributed by atoms with E-state index in [1.165, 1.54) is 70.0 Å². The number of thiophene rings is 1. The van der Waals surface area contributed by atoms with E-state index in [2.05, 4.69) is 186 Å². The highest BCUT2D eigenvalue weighted by Crippen LogP contribution is 2.57. The van der Waals surface area contributed by atoms with Gasteiger partial charge in [0.05, 0.1) is 11.1 Å². The van der Waals surface area contributed by atoms with Gasteiger partial charge >= 0.3 is 0 Å². The molecule has 1 heterocycles. The van der Waals surface area contributed by atoms with E-state index in [4.69, 9.17) is 0 Å². The Hall–Kier alpha value is -6.14. The molecule has 2 heteroatoms. The predicted molar refractivity (Wildman–Crippen MR) is 207 cm³/mol. The number of allylic oxidation sites excluding steroid dienone is 4. The maximum absolute atomic E-state index is 3.59. The lowest BCUT2D eigenvalue weighted by molar-refractivity contribution is 0.772. The summed E-state index contributed by atoms with van der Waals surface area (Å²) in [6, 6.07) is 59.8. The largest absolute Gasteiger partial charge is 0.310 e. The van der Waals surface area contributed by atoms with E-state index in [0.29, 0.717) is 0 Å². The van der Waals surface area contributed by atoms with Crippen LogP contribution in [-0.2, 0) is 5.41 Å². The Labute approximate surface area is 289 Å². The Morgan fingerprint density at radius 1 is 0.531 bits per heavy atom. The van der Waals surface area contributed by atoms with Gasteiger partial charge in [-0.3, -0.25) is 0 Å². The van der Waals surface area contributed by atoms with Crippen LogP contribution >= 0.6 is 11.3 Å². The molecular weight excluding hydrogens is 611 g/mol. The van der Waals surface area contributed by atoms with Gasteiger partial charge in [0.25, 0.3) is 0 Å². The Kier molecular flexibility index (Phi) is 6.24. The van der Waals surface area contributed by atoms with Gasteiger partial charge < -0.3 is 4.90 Å². The first-order valence-electron chi connectivity index (χ1n) is 16.7. The van der Waals surface area contributed by atoms with Gasteiger partial charge in [-0.2, -0.15) is 0 Å². The minimum Gasteiger partial charge on any atom is -0.310 e. The van der Waals surface area contributed by atoms with Crippen LogP contribution < -0.4 is 4.90 Å². The zero-order valence-corrected chi connectivity index (χ0v) is 27.4. The lowest BCUT2D eigenvalue weighted by Crippen LogP contribution is -2.28. The Balaban J connectivity index is 1.19. The number of anilines is 3. The van der Waals surface area contributed by atoms with Gasteiger partial charge in [-0.15, -0.1) is 11.3 Å². The molecule has 0 fully saturated rings. The fourth-order valence-corrected chi connectivity index (χ4v) is 9.21. The van der Waals surface area contributed by atoms with E-state index in [1.54, 1.807) is 0 Å². The van der Waals surface area contributed by atoms with Gasteiger partial charge in [-0.25, -0.2) is 0 Å². The Morgan fingerprint density at radius 3 is 2.20 bits per heavy atom. The number of para-hydroxylation sites is 1. The maximum atomic E-state index is 3.59. The van der Waals surface area contributed by atoms with Gasteiger partial charge in [-0.1, -0.05) is 133 Å². The summed E-state index contributed by atoms with van der Waals surface area (Å²) in [7, 11) is 0. The Bertz CT molecular complexity index is 2730. The van der Waals surface area contributed by atoms with Crippen molar-refractivity contribution < 1.29 is 0 Å². The van der Waals surface area contributed by atoms with Crippen LogP contribution in [0.4, 0.5) is 17.1 Å². The summed E-state index contributed by atoms with van der Waals surface area (Å²) < 4.78 is 2.56. The molecule has 0 aliphatic heterocycles. The molecule has 0 saturated carbocycles. The molecule has 49 heavy (non-hydrogen) atoms. The van der Waals surface area contributed by atoms with E-state index >= 15 is 0 Å². The quantitative estimate of drug-likeness (QED) is 0.169. The van der Waals surface area contributed by atoms with Gasteiger partial charge in [0.1, 0.15) is 0 Å². The highest BCUT2D eigenvalue weighted by Gasteiger charge is 2.48. The smallest absolute Gasteiger partial charge is 0.0793 e. The summed E-state index contributed by atoms with van der Waals surface area (Å²) in [6.07, 6.45) is 4.18. The fraction of sp³-hybridized carbons (Fsp3) is 0.0213. The molecule has 1 atom stereocenters. The first kappa shape index (κ1) is 27.9. The van der Waals surface area contributed by atoms with Crippen molar-refractivity contribution in [1.29, 1.82) is 0 Å². The number of nitrogens with zero attached hydrogens (tertiary/aromatic N) is 1. The number of benzene rings is 7. The zero-order chi connectivity index (χ0) is 32.4. The second-order valence-corrected chi connectivity index (χ2v) is 13.8. The molecule has 0 saturated heterocycles. The standard InChI is InChI=1S/C47H29NS/c1-3-16-33(17-4-1)47(42-23-11-9-21-38(42)39-22-10-12-24-43(39)47)34-26-28-40-41-31-36(27-29-45(41)49-46(40)30-34)48(35-18-5-2-6-19-35)44-25-13-15-32-14-7-8-20-37(32)44/h1-11,13-23,25-31H. The first-order chi connectivity index (χ1) is 24.3. The number of hydrogen-bond acceptors (Lipinski definition) is 2. The third-order valence-corrected chi connectivity index (χ3v) is 11.3. The first-order valence-corrected chi connectivity index (χ1v) is 17.5. The SMILES string of the molecule is C1=C=C2C(=CC=1)c1ccccc1C2(c1ccccc1)c1ccc2c(c1)sc1ccc(N(c3ccccc3)c3cccc4ccccc34)cc12. The van der Waals surface area contributed by atoms with Gasteiger partial charge in [0.15, 0.2) is 0 Å². The molecule has 0 radical (unpaired) electrons. The van der Waals surface area contributed by atoms with Crippen molar-refractivity contribution in [3.05, 3.63) is 215 Å². The van der Waals surface area contributed by atoms with E-state index in [1.807, 2.05) is 17.4 Å². The number of hydrogen-bond donors (Lipinski definition) is 0. The van der Waals surface area contributed by atoms with Crippen LogP contribution in [0.3, 0.4) is 0 Å². The summed E-state index contributed by atoms with van der Waals surface area (Å²) in [5.74, 6) is 0. The van der Waals surface area contributed by atoms with Gasteiger partial charge in [-0.05, 0) is 87.8 Å². The highest BCUT2D eigenvalue weighted by atomic mass is 32.1. The predicted octanol–water partition coefficient (Wildman–Crippen LogP) is 12.7. The molecule has 0 bridgehead atoms. The van der Waals surface area contributed by atoms with E-state index in [0.717, 1.165) is 11.4 Å². The van der Waals surface area contributed by atoms with Crippen molar-refractivity contribution in [3.63, 3.8) is 0 Å². The van der Waals surface area contributed by atoms with Crippen molar-refractivity contribution >= 4 is 64.9 Å². The summed E-state index contributed by atoms with van der Waals surface area (Å²) in [5.41, 5.74) is 17.3. The second kappa shape index (κ2) is 11.0. The normalized spacial score (nSPS) is 16.1. The van der Waals surface area contributed by atoms with Crippen LogP contribution in [0, 0.1) is 0 Å². The minimum absolute atomic E-state index is 0.487. The van der Waals surface area contributed by atoms with E-state index in [9.17, 15) is 0 Å². The molecule has 7 aromatic carbocycles. The van der Waals surface area contributed by atoms with Crippen molar-refractivity contribution in [2.24, 2.45) is 0 Å². The van der Waals surface area contributed by atoms with Gasteiger partial charge in [0, 0.05) is 42.5 Å². The molecule has 1 unspecified atom stereocenters. The topological polar surface area (TPSA) is 3.24 Å². The third kappa shape index (κ3) is 4.13. The average Bonchev–Trinajstić information content (AvgIpc) is 3.69. The molecule has 1 aromatic heterocycles. The molecule has 228 valence electrons. The highest BCUT2D eigenvalue weighted by molar-refractivity contribution is 7.25. The molecule has 0 spiro atoms. The summed E-state index contributed by atoms with van der Waals surface area (Å²) in [5, 5.41) is 5.00. The third-order valence-electron chi connectivity index (χ3n) is 10.2. The van der Waals surface area contributed by atoms with E-state index < -0.39 is 5.41 Å². The van der Waals surface area contributed by atoms with Crippen molar-refractivity contribution in [3.8, 4) is 0 Å². The van der Waals surface area contributed by atoms with Crippen LogP contribution in [0.1, 0.15) is 22.3 Å². The molecule has 10 rings (SSSR count). The zero-order valence-electron chi connectivity index (χ0n) is 26.6. The molecule has 1 nitrogen and oxygen atoms in total. The van der Waals surface area contributed by atoms with Crippen LogP contribution in [0.5, 0.6) is 0 Å². The van der Waals surface area contributed by atoms with Crippen molar-refractivity contribution in [2.45, 2.75) is 5.41 Å². The molecule has 0 N–H and O–H groups in total. The van der Waals surface area contributed by atoms with Crippen LogP contribution in [0.2, 0.25) is 0 Å². The molecular formula is C47H29NS. The van der Waals surface area contributed by atoms with Crippen LogP contribution in [0.25, 0.3) is 36.5 Å². The average molecular weight is 640 g/mol. The second-order valence-electron chi connectivity index (χ2n) is 12.7. The lowest BCUT2D eigenvalue weighted by atomic mass is 9.67. The molecule has 2 aliphatic rings.